The average Bonchev–Trinajstić information content (AvgIpc) is 2.82. The normalized spacial score (nSPS) is 54.8. The minimum atomic E-state index is -1.57. The van der Waals surface area contributed by atoms with Crippen LogP contribution in [-0.2, 0) is 9.59 Å². The molecule has 3 unspecified atom stereocenters. The van der Waals surface area contributed by atoms with Gasteiger partial charge in [-0.05, 0) is 67.1 Å². The number of hydrogen-bond acceptors (Lipinski definition) is 5. The minimum absolute atomic E-state index is 0.0392. The monoisotopic (exact) mass is 378 g/mol. The van der Waals surface area contributed by atoms with Crippen molar-refractivity contribution in [1.82, 2.24) is 0 Å². The summed E-state index contributed by atoms with van der Waals surface area (Å²) in [5.74, 6) is 0.513. The Morgan fingerprint density at radius 3 is 2.63 bits per heavy atom. The van der Waals surface area contributed by atoms with Crippen LogP contribution in [0.5, 0.6) is 0 Å². The van der Waals surface area contributed by atoms with E-state index in [9.17, 15) is 24.9 Å². The van der Waals surface area contributed by atoms with Crippen LogP contribution >= 0.6 is 0 Å². The first kappa shape index (κ1) is 19.5. The van der Waals surface area contributed by atoms with E-state index in [1.165, 1.54) is 0 Å². The van der Waals surface area contributed by atoms with Crippen molar-refractivity contribution in [3.63, 3.8) is 0 Å². The molecular weight excluding hydrogens is 344 g/mol. The van der Waals surface area contributed by atoms with E-state index in [1.807, 2.05) is 13.8 Å². The van der Waals surface area contributed by atoms with Gasteiger partial charge in [0.15, 0.2) is 5.78 Å². The van der Waals surface area contributed by atoms with Crippen LogP contribution in [0.4, 0.5) is 0 Å². The molecule has 0 spiro atoms. The zero-order valence-electron chi connectivity index (χ0n) is 16.8. The molecule has 0 aromatic heterocycles. The average molecular weight is 379 g/mol. The maximum Gasteiger partial charge on any atom is 0.190 e. The molecule has 0 aromatic rings. The molecule has 0 amide bonds. The standard InChI is InChI=1S/C22H34O5/c1-12-8-16-15-5-4-13-9-14(24)6-7-20(13,2)19(15)17(25)10-21(16,3)22(12,27)18(26)11-23/h12-13,15-17,19,23,25,27H,4-11H2,1-3H3/t12?,13?,15-,16-,17?,19+,20-,21-,22-/m0/s1. The molecule has 5 nitrogen and oxygen atoms in total. The number of aliphatic hydroxyl groups excluding tert-OH is 2. The maximum absolute atomic E-state index is 12.6. The Kier molecular flexibility index (Phi) is 4.42. The number of carbonyl (C=O) groups excluding carboxylic acids is 2. The molecule has 4 saturated carbocycles. The van der Waals surface area contributed by atoms with Crippen molar-refractivity contribution in [2.75, 3.05) is 6.61 Å². The van der Waals surface area contributed by atoms with Crippen molar-refractivity contribution in [3.8, 4) is 0 Å². The molecule has 4 aliphatic rings. The number of aliphatic hydroxyl groups is 3. The molecule has 27 heavy (non-hydrogen) atoms. The Labute approximate surface area is 161 Å². The van der Waals surface area contributed by atoms with Crippen molar-refractivity contribution in [2.45, 2.75) is 77.4 Å². The van der Waals surface area contributed by atoms with Crippen molar-refractivity contribution < 1.29 is 24.9 Å². The zero-order valence-corrected chi connectivity index (χ0v) is 16.8. The van der Waals surface area contributed by atoms with Crippen LogP contribution in [0.2, 0.25) is 0 Å². The first-order valence-corrected chi connectivity index (χ1v) is 10.7. The lowest BCUT2D eigenvalue weighted by Crippen LogP contribution is -2.64. The summed E-state index contributed by atoms with van der Waals surface area (Å²) < 4.78 is 0. The Morgan fingerprint density at radius 1 is 1.26 bits per heavy atom. The third-order valence-electron chi connectivity index (χ3n) is 9.56. The molecule has 0 aliphatic heterocycles. The van der Waals surface area contributed by atoms with Gasteiger partial charge in [-0.2, -0.15) is 0 Å². The van der Waals surface area contributed by atoms with E-state index in [1.54, 1.807) is 0 Å². The minimum Gasteiger partial charge on any atom is -0.393 e. The highest BCUT2D eigenvalue weighted by Crippen LogP contribution is 2.69. The molecule has 0 aromatic carbocycles. The Hall–Kier alpha value is -0.780. The van der Waals surface area contributed by atoms with Gasteiger partial charge < -0.3 is 15.3 Å². The van der Waals surface area contributed by atoms with Crippen LogP contribution in [0.3, 0.4) is 0 Å². The fraction of sp³-hybridized carbons (Fsp3) is 0.909. The predicted octanol–water partition coefficient (Wildman–Crippen LogP) is 2.11. The van der Waals surface area contributed by atoms with Gasteiger partial charge >= 0.3 is 0 Å². The lowest BCUT2D eigenvalue weighted by molar-refractivity contribution is -0.201. The van der Waals surface area contributed by atoms with E-state index < -0.39 is 29.5 Å². The smallest absolute Gasteiger partial charge is 0.190 e. The van der Waals surface area contributed by atoms with E-state index in [0.717, 1.165) is 25.7 Å². The van der Waals surface area contributed by atoms with E-state index in [0.29, 0.717) is 31.0 Å². The second kappa shape index (κ2) is 6.11. The number of hydrogen-bond donors (Lipinski definition) is 3. The molecule has 0 heterocycles. The van der Waals surface area contributed by atoms with Crippen LogP contribution < -0.4 is 0 Å². The van der Waals surface area contributed by atoms with Gasteiger partial charge in [0.25, 0.3) is 0 Å². The number of Topliss-reactive ketones (excluding diaryl/α,β-unsaturated/α-hetero) is 2. The van der Waals surface area contributed by atoms with Crippen LogP contribution in [0.25, 0.3) is 0 Å². The van der Waals surface area contributed by atoms with E-state index in [2.05, 4.69) is 6.92 Å². The van der Waals surface area contributed by atoms with Crippen molar-refractivity contribution >= 4 is 11.6 Å². The quantitative estimate of drug-likeness (QED) is 0.684. The van der Waals surface area contributed by atoms with Crippen molar-refractivity contribution in [1.29, 1.82) is 0 Å². The number of fused-ring (bicyclic) bond motifs is 5. The number of rotatable bonds is 2. The summed E-state index contributed by atoms with van der Waals surface area (Å²) in [5, 5.41) is 32.2. The maximum atomic E-state index is 12.6. The molecule has 5 heteroatoms. The fourth-order valence-corrected chi connectivity index (χ4v) is 8.22. The van der Waals surface area contributed by atoms with Crippen LogP contribution in [0.1, 0.15) is 65.7 Å². The molecule has 9 atom stereocenters. The van der Waals surface area contributed by atoms with Crippen molar-refractivity contribution in [2.24, 2.45) is 40.4 Å². The Morgan fingerprint density at radius 2 is 1.96 bits per heavy atom. The predicted molar refractivity (Wildman–Crippen MR) is 99.7 cm³/mol. The van der Waals surface area contributed by atoms with E-state index in [-0.39, 0.29) is 29.1 Å². The van der Waals surface area contributed by atoms with Gasteiger partial charge in [-0.3, -0.25) is 9.59 Å². The lowest BCUT2D eigenvalue weighted by Gasteiger charge is -2.62. The van der Waals surface area contributed by atoms with Gasteiger partial charge in [0.1, 0.15) is 18.0 Å². The third kappa shape index (κ3) is 2.34. The second-order valence-corrected chi connectivity index (χ2v) is 10.5. The first-order valence-electron chi connectivity index (χ1n) is 10.7. The Bertz CT molecular complexity index is 661. The molecule has 4 fully saturated rings. The lowest BCUT2D eigenvalue weighted by atomic mass is 9.43. The van der Waals surface area contributed by atoms with Gasteiger partial charge in [0, 0.05) is 18.3 Å². The van der Waals surface area contributed by atoms with Gasteiger partial charge in [-0.25, -0.2) is 0 Å². The van der Waals surface area contributed by atoms with Crippen LogP contribution in [0.15, 0.2) is 0 Å². The summed E-state index contributed by atoms with van der Waals surface area (Å²) in [6, 6.07) is 0. The molecule has 4 aliphatic carbocycles. The SMILES string of the molecule is CC1C[C@H]2[C@@H]3CCC4CC(=O)CC[C@]4(C)[C@H]3C(O)C[C@]2(C)[C@@]1(O)C(=O)CO. The van der Waals surface area contributed by atoms with Gasteiger partial charge in [-0.15, -0.1) is 0 Å². The van der Waals surface area contributed by atoms with Gasteiger partial charge in [0.05, 0.1) is 6.10 Å². The molecule has 0 saturated heterocycles. The largest absolute Gasteiger partial charge is 0.393 e. The molecule has 4 rings (SSSR count). The van der Waals surface area contributed by atoms with Crippen LogP contribution in [0, 0.1) is 40.4 Å². The molecule has 3 N–H and O–H groups in total. The highest BCUT2D eigenvalue weighted by molar-refractivity contribution is 5.90. The first-order chi connectivity index (χ1) is 12.6. The highest BCUT2D eigenvalue weighted by atomic mass is 16.3. The zero-order chi connectivity index (χ0) is 19.8. The third-order valence-corrected chi connectivity index (χ3v) is 9.56. The molecule has 0 bridgehead atoms. The van der Waals surface area contributed by atoms with E-state index in [4.69, 9.17) is 0 Å². The number of carbonyl (C=O) groups is 2. The van der Waals surface area contributed by atoms with Crippen LogP contribution in [-0.4, -0.2) is 45.2 Å². The Balaban J connectivity index is 1.73. The summed E-state index contributed by atoms with van der Waals surface area (Å²) in [7, 11) is 0. The summed E-state index contributed by atoms with van der Waals surface area (Å²) in [6.45, 7) is 5.46. The summed E-state index contributed by atoms with van der Waals surface area (Å²) in [5.41, 5.74) is -2.32. The molecule has 152 valence electrons. The van der Waals surface area contributed by atoms with Gasteiger partial charge in [0.2, 0.25) is 0 Å². The van der Waals surface area contributed by atoms with Crippen molar-refractivity contribution in [3.05, 3.63) is 0 Å². The van der Waals surface area contributed by atoms with Gasteiger partial charge in [-0.1, -0.05) is 20.8 Å². The summed E-state index contributed by atoms with van der Waals surface area (Å²) >= 11 is 0. The van der Waals surface area contributed by atoms with E-state index >= 15 is 0 Å². The summed E-state index contributed by atoms with van der Waals surface area (Å²) in [4.78, 5) is 24.6. The topological polar surface area (TPSA) is 94.8 Å². The molecule has 0 radical (unpaired) electrons. The highest BCUT2D eigenvalue weighted by Gasteiger charge is 2.70. The fourth-order valence-electron chi connectivity index (χ4n) is 8.22. The second-order valence-electron chi connectivity index (χ2n) is 10.5. The summed E-state index contributed by atoms with van der Waals surface area (Å²) in [6.07, 6.45) is 4.59. The number of ketones is 2. The molecular formula is C22H34O5.